The van der Waals surface area contributed by atoms with Crippen molar-refractivity contribution in [3.05, 3.63) is 99.6 Å². The van der Waals surface area contributed by atoms with E-state index in [1.165, 1.54) is 0 Å². The first kappa shape index (κ1) is 31.1. The number of carbonyl (C=O) groups is 3. The number of ether oxygens (including phenoxy) is 1. The molecule has 222 valence electrons. The minimum Gasteiger partial charge on any atom is -0.444 e. The molecule has 0 saturated heterocycles. The molecule has 0 spiro atoms. The molecular weight excluding hydrogens is 550 g/mol. The van der Waals surface area contributed by atoms with Crippen LogP contribution in [0.15, 0.2) is 66.7 Å². The van der Waals surface area contributed by atoms with Crippen LogP contribution < -0.4 is 10.6 Å². The van der Waals surface area contributed by atoms with Crippen LogP contribution in [0.2, 0.25) is 5.02 Å². The number of benzene rings is 3. The average molecular weight is 590 g/mol. The molecule has 4 rings (SSSR count). The molecule has 7 nitrogen and oxygen atoms in total. The van der Waals surface area contributed by atoms with Crippen LogP contribution in [0, 0.1) is 20.8 Å². The van der Waals surface area contributed by atoms with Crippen LogP contribution >= 0.6 is 11.6 Å². The third-order valence-corrected chi connectivity index (χ3v) is 7.72. The maximum atomic E-state index is 14.6. The molecule has 0 heterocycles. The number of para-hydroxylation sites is 1. The second-order valence-corrected chi connectivity index (χ2v) is 12.4. The fraction of sp³-hybridized carbons (Fsp3) is 0.382. The van der Waals surface area contributed by atoms with Crippen LogP contribution in [0.3, 0.4) is 0 Å². The van der Waals surface area contributed by atoms with E-state index in [1.54, 1.807) is 31.7 Å². The van der Waals surface area contributed by atoms with Crippen molar-refractivity contribution >= 4 is 35.2 Å². The minimum atomic E-state index is -0.953. The van der Waals surface area contributed by atoms with Gasteiger partial charge in [-0.15, -0.1) is 0 Å². The van der Waals surface area contributed by atoms with Crippen molar-refractivity contribution in [3.8, 4) is 0 Å². The van der Waals surface area contributed by atoms with E-state index in [0.717, 1.165) is 40.7 Å². The van der Waals surface area contributed by atoms with Crippen LogP contribution in [0.1, 0.15) is 67.5 Å². The van der Waals surface area contributed by atoms with E-state index in [4.69, 9.17) is 16.3 Å². The topological polar surface area (TPSA) is 87.7 Å². The van der Waals surface area contributed by atoms with Crippen molar-refractivity contribution in [2.75, 3.05) is 5.32 Å². The van der Waals surface area contributed by atoms with Crippen LogP contribution in [-0.4, -0.2) is 40.5 Å². The molecule has 0 aromatic heterocycles. The molecule has 3 aromatic carbocycles. The number of rotatable bonds is 9. The lowest BCUT2D eigenvalue weighted by Gasteiger charge is -2.35. The quantitative estimate of drug-likeness (QED) is 0.279. The predicted molar refractivity (Wildman–Crippen MR) is 167 cm³/mol. The van der Waals surface area contributed by atoms with Gasteiger partial charge in [0.15, 0.2) is 0 Å². The Morgan fingerprint density at radius 3 is 2.19 bits per heavy atom. The number of anilines is 1. The highest BCUT2D eigenvalue weighted by molar-refractivity contribution is 6.34. The van der Waals surface area contributed by atoms with Crippen LogP contribution in [0.25, 0.3) is 0 Å². The molecule has 2 atom stereocenters. The van der Waals surface area contributed by atoms with E-state index in [0.29, 0.717) is 10.7 Å². The molecule has 3 aromatic rings. The Hall–Kier alpha value is -3.84. The van der Waals surface area contributed by atoms with Crippen molar-refractivity contribution in [2.24, 2.45) is 0 Å². The Bertz CT molecular complexity index is 1430. The van der Waals surface area contributed by atoms with Gasteiger partial charge in [0, 0.05) is 12.5 Å². The zero-order chi connectivity index (χ0) is 30.6. The zero-order valence-electron chi connectivity index (χ0n) is 25.2. The molecule has 1 aliphatic rings. The lowest BCUT2D eigenvalue weighted by molar-refractivity contribution is -0.141. The predicted octanol–water partition coefficient (Wildman–Crippen LogP) is 7.07. The zero-order valence-corrected chi connectivity index (χ0v) is 25.9. The van der Waals surface area contributed by atoms with Gasteiger partial charge in [0.1, 0.15) is 17.7 Å². The summed E-state index contributed by atoms with van der Waals surface area (Å²) >= 11 is 6.49. The van der Waals surface area contributed by atoms with Crippen molar-refractivity contribution in [1.29, 1.82) is 0 Å². The molecular formula is C34H40ClN3O4. The van der Waals surface area contributed by atoms with Gasteiger partial charge in [-0.2, -0.15) is 0 Å². The van der Waals surface area contributed by atoms with Crippen molar-refractivity contribution in [2.45, 2.75) is 84.5 Å². The van der Waals surface area contributed by atoms with E-state index >= 15 is 0 Å². The summed E-state index contributed by atoms with van der Waals surface area (Å²) in [5.41, 5.74) is 4.12. The van der Waals surface area contributed by atoms with Gasteiger partial charge in [-0.3, -0.25) is 9.59 Å². The highest BCUT2D eigenvalue weighted by Crippen LogP contribution is 2.38. The minimum absolute atomic E-state index is 0.154. The molecule has 1 aliphatic carbocycles. The molecule has 42 heavy (non-hydrogen) atoms. The standard InChI is InChI=1S/C34H40ClN3O4/c1-21-12-10-16-26(23(21)3)30(31(39)37-29-22(2)13-11-17-27(29)35)38(25-18-19-25)32(40)28(20-24-14-8-7-9-15-24)36-33(41)42-34(4,5)6/h7-17,25,28,30H,18-20H2,1-6H3,(H,36,41)(H,37,39). The van der Waals surface area contributed by atoms with E-state index in [1.807, 2.05) is 81.4 Å². The summed E-state index contributed by atoms with van der Waals surface area (Å²) in [6.07, 6.45) is 1.07. The number of hydrogen-bond donors (Lipinski definition) is 2. The lowest BCUT2D eigenvalue weighted by atomic mass is 9.94. The summed E-state index contributed by atoms with van der Waals surface area (Å²) in [7, 11) is 0. The number of nitrogens with one attached hydrogen (secondary N) is 2. The second kappa shape index (κ2) is 13.0. The summed E-state index contributed by atoms with van der Waals surface area (Å²) in [5, 5.41) is 6.26. The highest BCUT2D eigenvalue weighted by Gasteiger charge is 2.44. The molecule has 3 amide bonds. The van der Waals surface area contributed by atoms with Gasteiger partial charge in [-0.1, -0.05) is 72.3 Å². The number of alkyl carbamates (subject to hydrolysis) is 1. The summed E-state index contributed by atoms with van der Waals surface area (Å²) in [5.74, 6) is -0.708. The number of carbonyl (C=O) groups excluding carboxylic acids is 3. The molecule has 2 N–H and O–H groups in total. The van der Waals surface area contributed by atoms with Crippen LogP contribution in [0.4, 0.5) is 10.5 Å². The Morgan fingerprint density at radius 1 is 0.929 bits per heavy atom. The molecule has 2 unspecified atom stereocenters. The summed E-state index contributed by atoms with van der Waals surface area (Å²) in [6.45, 7) is 11.1. The maximum absolute atomic E-state index is 14.6. The van der Waals surface area contributed by atoms with E-state index in [9.17, 15) is 14.4 Å². The van der Waals surface area contributed by atoms with Crippen molar-refractivity contribution in [1.82, 2.24) is 10.2 Å². The summed E-state index contributed by atoms with van der Waals surface area (Å²) < 4.78 is 5.53. The Morgan fingerprint density at radius 2 is 1.57 bits per heavy atom. The van der Waals surface area contributed by atoms with Crippen molar-refractivity contribution in [3.63, 3.8) is 0 Å². The van der Waals surface area contributed by atoms with Gasteiger partial charge in [-0.25, -0.2) is 4.79 Å². The largest absolute Gasteiger partial charge is 0.444 e. The third kappa shape index (κ3) is 7.71. The van der Waals surface area contributed by atoms with Gasteiger partial charge < -0.3 is 20.3 Å². The van der Waals surface area contributed by atoms with Crippen molar-refractivity contribution < 1.29 is 19.1 Å². The number of hydrogen-bond acceptors (Lipinski definition) is 4. The molecule has 0 aliphatic heterocycles. The first-order chi connectivity index (χ1) is 19.9. The first-order valence-corrected chi connectivity index (χ1v) is 14.7. The van der Waals surface area contributed by atoms with Gasteiger partial charge in [0.2, 0.25) is 5.91 Å². The molecule has 0 bridgehead atoms. The van der Waals surface area contributed by atoms with Gasteiger partial charge in [0.25, 0.3) is 5.91 Å². The number of nitrogens with zero attached hydrogens (tertiary/aromatic N) is 1. The van der Waals surface area contributed by atoms with E-state index < -0.39 is 23.8 Å². The first-order valence-electron chi connectivity index (χ1n) is 14.3. The Kier molecular flexibility index (Phi) is 9.62. The fourth-order valence-corrected chi connectivity index (χ4v) is 5.29. The number of aryl methyl sites for hydroxylation is 2. The maximum Gasteiger partial charge on any atom is 0.408 e. The normalized spacial score (nSPS) is 14.5. The van der Waals surface area contributed by atoms with Gasteiger partial charge in [-0.05, 0) is 88.3 Å². The molecule has 1 saturated carbocycles. The lowest BCUT2D eigenvalue weighted by Crippen LogP contribution is -2.54. The monoisotopic (exact) mass is 589 g/mol. The molecule has 0 radical (unpaired) electrons. The second-order valence-electron chi connectivity index (χ2n) is 12.0. The smallest absolute Gasteiger partial charge is 0.408 e. The van der Waals surface area contributed by atoms with Crippen LogP contribution in [0.5, 0.6) is 0 Å². The Balaban J connectivity index is 1.77. The SMILES string of the molecule is Cc1cccc(C(C(=O)Nc2c(C)cccc2Cl)N(C(=O)C(Cc2ccccc2)NC(=O)OC(C)(C)C)C2CC2)c1C. The third-order valence-electron chi connectivity index (χ3n) is 7.40. The van der Waals surface area contributed by atoms with Gasteiger partial charge >= 0.3 is 6.09 Å². The number of halogens is 1. The van der Waals surface area contributed by atoms with Crippen LogP contribution in [-0.2, 0) is 20.7 Å². The van der Waals surface area contributed by atoms with Gasteiger partial charge in [0.05, 0.1) is 10.7 Å². The highest BCUT2D eigenvalue weighted by atomic mass is 35.5. The number of amides is 3. The Labute approximate surface area is 253 Å². The molecule has 1 fully saturated rings. The molecule has 8 heteroatoms. The van der Waals surface area contributed by atoms with E-state index in [-0.39, 0.29) is 24.3 Å². The average Bonchev–Trinajstić information content (AvgIpc) is 3.75. The summed E-state index contributed by atoms with van der Waals surface area (Å²) in [4.78, 5) is 43.5. The summed E-state index contributed by atoms with van der Waals surface area (Å²) in [6, 6.07) is 18.6. The fourth-order valence-electron chi connectivity index (χ4n) is 5.02. The van der Waals surface area contributed by atoms with E-state index in [2.05, 4.69) is 10.6 Å².